The predicted octanol–water partition coefficient (Wildman–Crippen LogP) is 2.11. The number of carbonyl (C=O) groups is 1. The molecule has 0 radical (unpaired) electrons. The Labute approximate surface area is 98.0 Å². The molecule has 0 aliphatic heterocycles. The molecule has 0 aliphatic carbocycles. The van der Waals surface area contributed by atoms with Crippen LogP contribution >= 0.6 is 0 Å². The Balaban J connectivity index is 2.64. The van der Waals surface area contributed by atoms with Crippen molar-refractivity contribution in [2.45, 2.75) is 31.3 Å². The van der Waals surface area contributed by atoms with Gasteiger partial charge in [0, 0.05) is 21.8 Å². The number of carboxylic acids is 1. The monoisotopic (exact) mass is 240 g/mol. The second kappa shape index (κ2) is 5.80. The van der Waals surface area contributed by atoms with Gasteiger partial charge in [0.2, 0.25) is 0 Å². The Kier molecular flexibility index (Phi) is 4.68. The molecule has 0 bridgehead atoms. The van der Waals surface area contributed by atoms with Gasteiger partial charge in [0.05, 0.1) is 6.42 Å². The van der Waals surface area contributed by atoms with E-state index in [0.29, 0.717) is 5.75 Å². The van der Waals surface area contributed by atoms with E-state index >= 15 is 0 Å². The molecule has 1 rings (SSSR count). The maximum Gasteiger partial charge on any atom is 0.304 e. The summed E-state index contributed by atoms with van der Waals surface area (Å²) in [7, 11) is -1.13. The fourth-order valence-corrected chi connectivity index (χ4v) is 2.65. The molecule has 0 fully saturated rings. The number of aliphatic carboxylic acids is 1. The van der Waals surface area contributed by atoms with Gasteiger partial charge < -0.3 is 5.11 Å². The Morgan fingerprint density at radius 3 is 2.62 bits per heavy atom. The number of aryl methyl sites for hydroxylation is 1. The van der Waals surface area contributed by atoms with Crippen molar-refractivity contribution in [2.75, 3.05) is 0 Å². The average molecular weight is 240 g/mol. The zero-order chi connectivity index (χ0) is 12.1. The Morgan fingerprint density at radius 1 is 1.44 bits per heavy atom. The molecule has 3 nitrogen and oxygen atoms in total. The van der Waals surface area contributed by atoms with Gasteiger partial charge in [-0.05, 0) is 18.1 Å². The zero-order valence-electron chi connectivity index (χ0n) is 9.47. The smallest absolute Gasteiger partial charge is 0.304 e. The van der Waals surface area contributed by atoms with Crippen LogP contribution in [-0.2, 0) is 21.3 Å². The van der Waals surface area contributed by atoms with E-state index in [1.54, 1.807) is 6.92 Å². The number of rotatable bonds is 5. The highest BCUT2D eigenvalue weighted by molar-refractivity contribution is 7.84. The third-order valence-corrected chi connectivity index (χ3v) is 4.13. The van der Waals surface area contributed by atoms with Crippen molar-refractivity contribution in [3.63, 3.8) is 0 Å². The van der Waals surface area contributed by atoms with Gasteiger partial charge in [-0.1, -0.05) is 31.2 Å². The highest BCUT2D eigenvalue weighted by Crippen LogP contribution is 2.13. The summed E-state index contributed by atoms with van der Waals surface area (Å²) in [6.45, 7) is 3.68. The van der Waals surface area contributed by atoms with Crippen molar-refractivity contribution in [3.05, 3.63) is 35.4 Å². The van der Waals surface area contributed by atoms with Crippen LogP contribution in [0, 0.1) is 6.92 Å². The molecule has 88 valence electrons. The molecular weight excluding hydrogens is 224 g/mol. The fourth-order valence-electron chi connectivity index (χ4n) is 1.41. The third-order valence-electron chi connectivity index (χ3n) is 2.47. The van der Waals surface area contributed by atoms with Crippen molar-refractivity contribution in [3.8, 4) is 0 Å². The predicted molar refractivity (Wildman–Crippen MR) is 64.7 cm³/mol. The molecule has 1 aromatic carbocycles. The van der Waals surface area contributed by atoms with Crippen LogP contribution in [0.15, 0.2) is 24.3 Å². The number of carboxylic acid groups (broad SMARTS) is 1. The summed E-state index contributed by atoms with van der Waals surface area (Å²) in [6.07, 6.45) is -0.0432. The van der Waals surface area contributed by atoms with Crippen molar-refractivity contribution in [1.82, 2.24) is 0 Å². The van der Waals surface area contributed by atoms with E-state index in [1.165, 1.54) is 0 Å². The minimum Gasteiger partial charge on any atom is -0.481 e. The fraction of sp³-hybridized carbons (Fsp3) is 0.417. The first-order chi connectivity index (χ1) is 7.50. The number of benzene rings is 1. The zero-order valence-corrected chi connectivity index (χ0v) is 10.3. The molecule has 2 unspecified atom stereocenters. The molecule has 16 heavy (non-hydrogen) atoms. The maximum absolute atomic E-state index is 11.8. The van der Waals surface area contributed by atoms with Crippen molar-refractivity contribution in [1.29, 1.82) is 0 Å². The van der Waals surface area contributed by atoms with Crippen molar-refractivity contribution in [2.24, 2.45) is 0 Å². The molecule has 0 spiro atoms. The lowest BCUT2D eigenvalue weighted by Gasteiger charge is -2.10. The Bertz CT molecular complexity index is 401. The van der Waals surface area contributed by atoms with Crippen LogP contribution in [0.25, 0.3) is 0 Å². The van der Waals surface area contributed by atoms with E-state index in [-0.39, 0.29) is 11.7 Å². The van der Waals surface area contributed by atoms with E-state index in [2.05, 4.69) is 0 Å². The van der Waals surface area contributed by atoms with Gasteiger partial charge in [-0.15, -0.1) is 0 Å². The van der Waals surface area contributed by atoms with Crippen molar-refractivity contribution >= 4 is 16.8 Å². The van der Waals surface area contributed by atoms with Crippen LogP contribution in [-0.4, -0.2) is 20.5 Å². The minimum atomic E-state index is -1.13. The molecule has 0 heterocycles. The first kappa shape index (κ1) is 12.9. The molecule has 4 heteroatoms. The Hall–Kier alpha value is -1.16. The molecule has 0 amide bonds. The summed E-state index contributed by atoms with van der Waals surface area (Å²) in [4.78, 5) is 10.5. The lowest BCUT2D eigenvalue weighted by atomic mass is 10.1. The minimum absolute atomic E-state index is 0.0432. The SMILES string of the molecule is Cc1ccccc1CS(=O)C(C)CC(=O)O. The van der Waals surface area contributed by atoms with E-state index in [9.17, 15) is 9.00 Å². The van der Waals surface area contributed by atoms with Gasteiger partial charge in [-0.25, -0.2) is 0 Å². The lowest BCUT2D eigenvalue weighted by Crippen LogP contribution is -2.17. The van der Waals surface area contributed by atoms with E-state index in [1.807, 2.05) is 31.2 Å². The molecule has 1 aromatic rings. The molecule has 0 saturated heterocycles. The first-order valence-electron chi connectivity index (χ1n) is 5.14. The highest BCUT2D eigenvalue weighted by atomic mass is 32.2. The van der Waals surface area contributed by atoms with Gasteiger partial charge in [0.25, 0.3) is 0 Å². The maximum atomic E-state index is 11.8. The van der Waals surface area contributed by atoms with E-state index in [4.69, 9.17) is 5.11 Å². The van der Waals surface area contributed by atoms with Gasteiger partial charge in [0.15, 0.2) is 0 Å². The molecule has 1 N–H and O–H groups in total. The van der Waals surface area contributed by atoms with Gasteiger partial charge in [0.1, 0.15) is 0 Å². The molecular formula is C12H16O3S. The van der Waals surface area contributed by atoms with E-state index in [0.717, 1.165) is 11.1 Å². The number of hydrogen-bond acceptors (Lipinski definition) is 2. The Morgan fingerprint density at radius 2 is 2.06 bits per heavy atom. The second-order valence-corrected chi connectivity index (χ2v) is 5.71. The van der Waals surface area contributed by atoms with Gasteiger partial charge in [-0.3, -0.25) is 9.00 Å². The second-order valence-electron chi connectivity index (χ2n) is 3.86. The van der Waals surface area contributed by atoms with Crippen LogP contribution in [0.4, 0.5) is 0 Å². The molecule has 0 aliphatic rings. The standard InChI is InChI=1S/C12H16O3S/c1-9-5-3-4-6-11(9)8-16(15)10(2)7-12(13)14/h3-6,10H,7-8H2,1-2H3,(H,13,14). The van der Waals surface area contributed by atoms with Crippen LogP contribution < -0.4 is 0 Å². The van der Waals surface area contributed by atoms with Gasteiger partial charge >= 0.3 is 5.97 Å². The lowest BCUT2D eigenvalue weighted by molar-refractivity contribution is -0.136. The van der Waals surface area contributed by atoms with Crippen LogP contribution in [0.1, 0.15) is 24.5 Å². The first-order valence-corrected chi connectivity index (χ1v) is 6.52. The quantitative estimate of drug-likeness (QED) is 0.857. The molecule has 0 aromatic heterocycles. The highest BCUT2D eigenvalue weighted by Gasteiger charge is 2.15. The largest absolute Gasteiger partial charge is 0.481 e. The van der Waals surface area contributed by atoms with Crippen molar-refractivity contribution < 1.29 is 14.1 Å². The molecule has 0 saturated carbocycles. The van der Waals surface area contributed by atoms with Crippen LogP contribution in [0.5, 0.6) is 0 Å². The summed E-state index contributed by atoms with van der Waals surface area (Å²) in [5, 5.41) is 8.31. The van der Waals surface area contributed by atoms with Crippen LogP contribution in [0.2, 0.25) is 0 Å². The summed E-state index contributed by atoms with van der Waals surface area (Å²) >= 11 is 0. The summed E-state index contributed by atoms with van der Waals surface area (Å²) in [6, 6.07) is 7.74. The summed E-state index contributed by atoms with van der Waals surface area (Å²) in [5.41, 5.74) is 2.12. The van der Waals surface area contributed by atoms with E-state index < -0.39 is 16.8 Å². The summed E-state index contributed by atoms with van der Waals surface area (Å²) in [5.74, 6) is -0.466. The van der Waals surface area contributed by atoms with Crippen LogP contribution in [0.3, 0.4) is 0 Å². The third kappa shape index (κ3) is 3.77. The summed E-state index contributed by atoms with van der Waals surface area (Å²) < 4.78 is 11.8. The number of hydrogen-bond donors (Lipinski definition) is 1. The van der Waals surface area contributed by atoms with Gasteiger partial charge in [-0.2, -0.15) is 0 Å². The average Bonchev–Trinajstić information content (AvgIpc) is 2.20. The molecule has 2 atom stereocenters. The normalized spacial score (nSPS) is 14.4. The topological polar surface area (TPSA) is 54.4 Å².